The molecule has 0 aliphatic heterocycles. The monoisotopic (exact) mass is 399 g/mol. The number of anilines is 1. The highest BCUT2D eigenvalue weighted by Gasteiger charge is 2.26. The molecular formula is C16H16F3N5O2S. The molecule has 0 unspecified atom stereocenters. The Bertz CT molecular complexity index is 1060. The van der Waals surface area contributed by atoms with Gasteiger partial charge in [0.2, 0.25) is 16.0 Å². The molecule has 0 spiro atoms. The summed E-state index contributed by atoms with van der Waals surface area (Å²) in [4.78, 5) is 3.97. The van der Waals surface area contributed by atoms with Gasteiger partial charge in [0, 0.05) is 24.7 Å². The zero-order valence-electron chi connectivity index (χ0n) is 13.9. The SMILES string of the molecule is Nc1nc2ccc(-c3cccc(S(=O)(=O)NCCCC(F)(F)F)c3)cn2n1. The van der Waals surface area contributed by atoms with Gasteiger partial charge in [-0.3, -0.25) is 0 Å². The van der Waals surface area contributed by atoms with Crippen LogP contribution in [0.15, 0.2) is 47.5 Å². The second-order valence-electron chi connectivity index (χ2n) is 5.83. The zero-order valence-corrected chi connectivity index (χ0v) is 14.8. The Balaban J connectivity index is 1.79. The number of rotatable bonds is 6. The summed E-state index contributed by atoms with van der Waals surface area (Å²) in [6.45, 7) is -0.295. The number of aromatic nitrogens is 3. The topological polar surface area (TPSA) is 102 Å². The minimum absolute atomic E-state index is 0.0368. The van der Waals surface area contributed by atoms with Crippen LogP contribution in [0.1, 0.15) is 12.8 Å². The van der Waals surface area contributed by atoms with Crippen LogP contribution in [0.3, 0.4) is 0 Å². The second-order valence-corrected chi connectivity index (χ2v) is 7.60. The van der Waals surface area contributed by atoms with Crippen molar-refractivity contribution in [1.82, 2.24) is 19.3 Å². The van der Waals surface area contributed by atoms with Crippen molar-refractivity contribution < 1.29 is 21.6 Å². The van der Waals surface area contributed by atoms with Crippen molar-refractivity contribution in [2.75, 3.05) is 12.3 Å². The number of nitrogen functional groups attached to an aromatic ring is 1. The van der Waals surface area contributed by atoms with Gasteiger partial charge in [-0.25, -0.2) is 17.7 Å². The van der Waals surface area contributed by atoms with E-state index in [2.05, 4.69) is 14.8 Å². The molecule has 0 bridgehead atoms. The van der Waals surface area contributed by atoms with Gasteiger partial charge >= 0.3 is 6.18 Å². The molecular weight excluding hydrogens is 383 g/mol. The van der Waals surface area contributed by atoms with Gasteiger partial charge in [0.15, 0.2) is 5.65 Å². The van der Waals surface area contributed by atoms with Gasteiger partial charge in [0.05, 0.1) is 4.90 Å². The highest BCUT2D eigenvalue weighted by atomic mass is 32.2. The first kappa shape index (κ1) is 19.1. The smallest absolute Gasteiger partial charge is 0.366 e. The number of pyridine rings is 1. The predicted octanol–water partition coefficient (Wildman–Crippen LogP) is 2.60. The third-order valence-electron chi connectivity index (χ3n) is 3.75. The van der Waals surface area contributed by atoms with Crippen molar-refractivity contribution in [2.24, 2.45) is 0 Å². The van der Waals surface area contributed by atoms with E-state index in [0.717, 1.165) is 0 Å². The summed E-state index contributed by atoms with van der Waals surface area (Å²) in [5, 5.41) is 4.00. The minimum Gasteiger partial charge on any atom is -0.366 e. The molecule has 3 rings (SSSR count). The highest BCUT2D eigenvalue weighted by molar-refractivity contribution is 7.89. The van der Waals surface area contributed by atoms with E-state index in [1.54, 1.807) is 30.5 Å². The Hall–Kier alpha value is -2.66. The zero-order chi connectivity index (χ0) is 19.7. The number of hydrogen-bond acceptors (Lipinski definition) is 5. The summed E-state index contributed by atoms with van der Waals surface area (Å²) in [7, 11) is -3.92. The van der Waals surface area contributed by atoms with Crippen LogP contribution in [0.25, 0.3) is 16.8 Å². The normalized spacial score (nSPS) is 12.6. The maximum atomic E-state index is 12.3. The fraction of sp³-hybridized carbons (Fsp3) is 0.250. The number of nitrogens with two attached hydrogens (primary N) is 1. The lowest BCUT2D eigenvalue weighted by Gasteiger charge is -2.10. The van der Waals surface area contributed by atoms with Crippen LogP contribution < -0.4 is 10.5 Å². The van der Waals surface area contributed by atoms with E-state index in [-0.39, 0.29) is 23.8 Å². The number of hydrogen-bond donors (Lipinski definition) is 2. The van der Waals surface area contributed by atoms with Crippen LogP contribution in [-0.4, -0.2) is 35.7 Å². The van der Waals surface area contributed by atoms with E-state index >= 15 is 0 Å². The van der Waals surface area contributed by atoms with Gasteiger partial charge in [0.25, 0.3) is 0 Å². The van der Waals surface area contributed by atoms with Gasteiger partial charge < -0.3 is 5.73 Å². The molecule has 0 aliphatic rings. The van der Waals surface area contributed by atoms with Gasteiger partial charge in [-0.05, 0) is 36.2 Å². The number of sulfonamides is 1. The number of halogens is 3. The molecule has 0 aliphatic carbocycles. The van der Waals surface area contributed by atoms with Crippen molar-refractivity contribution in [1.29, 1.82) is 0 Å². The van der Waals surface area contributed by atoms with Crippen LogP contribution >= 0.6 is 0 Å². The van der Waals surface area contributed by atoms with Crippen LogP contribution in [0, 0.1) is 0 Å². The van der Waals surface area contributed by atoms with Gasteiger partial charge in [-0.15, -0.1) is 5.10 Å². The lowest BCUT2D eigenvalue weighted by molar-refractivity contribution is -0.135. The predicted molar refractivity (Wildman–Crippen MR) is 93.3 cm³/mol. The standard InChI is InChI=1S/C16H16F3N5O2S/c17-16(18,19)7-2-8-21-27(25,26)13-4-1-3-11(9-13)12-5-6-14-22-15(20)23-24(14)10-12/h1,3-6,9-10,21H,2,7-8H2,(H2,20,23). The lowest BCUT2D eigenvalue weighted by atomic mass is 10.1. The molecule has 2 aromatic heterocycles. The molecule has 144 valence electrons. The molecule has 3 aromatic rings. The quantitative estimate of drug-likeness (QED) is 0.621. The first-order valence-corrected chi connectivity index (χ1v) is 9.41. The molecule has 7 nitrogen and oxygen atoms in total. The Labute approximate surface area is 153 Å². The average Bonchev–Trinajstić information content (AvgIpc) is 2.97. The molecule has 11 heteroatoms. The van der Waals surface area contributed by atoms with Crippen LogP contribution in [-0.2, 0) is 10.0 Å². The molecule has 1 aromatic carbocycles. The van der Waals surface area contributed by atoms with E-state index in [0.29, 0.717) is 16.8 Å². The number of fused-ring (bicyclic) bond motifs is 1. The van der Waals surface area contributed by atoms with E-state index in [1.807, 2.05) is 0 Å². The molecule has 0 atom stereocenters. The van der Waals surface area contributed by atoms with Gasteiger partial charge in [-0.1, -0.05) is 12.1 Å². The first-order chi connectivity index (χ1) is 12.6. The maximum absolute atomic E-state index is 12.3. The lowest BCUT2D eigenvalue weighted by Crippen LogP contribution is -2.25. The van der Waals surface area contributed by atoms with E-state index in [9.17, 15) is 21.6 Å². The molecule has 0 fully saturated rings. The van der Waals surface area contributed by atoms with Crippen LogP contribution in [0.5, 0.6) is 0 Å². The van der Waals surface area contributed by atoms with Crippen molar-refractivity contribution in [3.05, 3.63) is 42.6 Å². The summed E-state index contributed by atoms with van der Waals surface area (Å²) >= 11 is 0. The Morgan fingerprint density at radius 2 is 1.93 bits per heavy atom. The summed E-state index contributed by atoms with van der Waals surface area (Å²) in [5.74, 6) is 0.117. The fourth-order valence-electron chi connectivity index (χ4n) is 2.49. The largest absolute Gasteiger partial charge is 0.389 e. The Morgan fingerprint density at radius 3 is 2.67 bits per heavy atom. The van der Waals surface area contributed by atoms with Crippen molar-refractivity contribution in [3.8, 4) is 11.1 Å². The third-order valence-corrected chi connectivity index (χ3v) is 5.21. The van der Waals surface area contributed by atoms with Crippen molar-refractivity contribution in [3.63, 3.8) is 0 Å². The van der Waals surface area contributed by atoms with Gasteiger partial charge in [-0.2, -0.15) is 18.2 Å². The summed E-state index contributed by atoms with van der Waals surface area (Å²) in [6.07, 6.45) is -4.03. The molecule has 0 saturated heterocycles. The Kier molecular flexibility index (Phi) is 5.07. The molecule has 0 amide bonds. The van der Waals surface area contributed by atoms with Crippen LogP contribution in [0.4, 0.5) is 19.1 Å². The van der Waals surface area contributed by atoms with Gasteiger partial charge in [0.1, 0.15) is 0 Å². The summed E-state index contributed by atoms with van der Waals surface area (Å²) in [5.41, 5.74) is 7.37. The summed E-state index contributed by atoms with van der Waals surface area (Å²) in [6, 6.07) is 9.51. The minimum atomic E-state index is -4.31. The van der Waals surface area contributed by atoms with Crippen molar-refractivity contribution >= 4 is 21.6 Å². The number of alkyl halides is 3. The molecule has 27 heavy (non-hydrogen) atoms. The number of nitrogens with zero attached hydrogens (tertiary/aromatic N) is 3. The summed E-state index contributed by atoms with van der Waals surface area (Å²) < 4.78 is 64.8. The molecule has 3 N–H and O–H groups in total. The average molecular weight is 399 g/mol. The maximum Gasteiger partial charge on any atom is 0.389 e. The third kappa shape index (κ3) is 4.74. The highest BCUT2D eigenvalue weighted by Crippen LogP contribution is 2.24. The van der Waals surface area contributed by atoms with Crippen LogP contribution in [0.2, 0.25) is 0 Å². The second kappa shape index (κ2) is 7.16. The van der Waals surface area contributed by atoms with E-state index in [4.69, 9.17) is 5.73 Å². The molecule has 0 saturated carbocycles. The van der Waals surface area contributed by atoms with E-state index < -0.39 is 22.6 Å². The Morgan fingerprint density at radius 1 is 1.15 bits per heavy atom. The number of nitrogens with one attached hydrogen (secondary N) is 1. The van der Waals surface area contributed by atoms with E-state index in [1.165, 1.54) is 16.6 Å². The van der Waals surface area contributed by atoms with Crippen molar-refractivity contribution in [2.45, 2.75) is 23.9 Å². The molecule has 2 heterocycles. The fourth-order valence-corrected chi connectivity index (χ4v) is 3.61. The first-order valence-electron chi connectivity index (χ1n) is 7.93. The number of benzene rings is 1. The molecule has 0 radical (unpaired) electrons.